The molecule has 0 radical (unpaired) electrons. The second-order valence-electron chi connectivity index (χ2n) is 5.88. The molecule has 144 valence electrons. The van der Waals surface area contributed by atoms with Gasteiger partial charge in [-0.25, -0.2) is 8.78 Å². The number of alkyl halides is 2. The molecule has 0 bridgehead atoms. The van der Waals surface area contributed by atoms with Crippen molar-refractivity contribution in [1.82, 2.24) is 9.88 Å². The van der Waals surface area contributed by atoms with Crippen molar-refractivity contribution in [3.8, 4) is 5.75 Å². The molecule has 1 aromatic heterocycles. The molecule has 2 aromatic rings. The lowest BCUT2D eigenvalue weighted by Crippen LogP contribution is -2.36. The second kappa shape index (κ2) is 7.44. The number of carbonyl (C=O) groups is 2. The van der Waals surface area contributed by atoms with Crippen LogP contribution in [-0.4, -0.2) is 41.9 Å². The van der Waals surface area contributed by atoms with Gasteiger partial charge in [0, 0.05) is 25.1 Å². The lowest BCUT2D eigenvalue weighted by Gasteiger charge is -2.25. The minimum Gasteiger partial charge on any atom is -0.495 e. The van der Waals surface area contributed by atoms with Crippen LogP contribution in [0.1, 0.15) is 24.1 Å². The fourth-order valence-corrected chi connectivity index (χ4v) is 3.59. The van der Waals surface area contributed by atoms with E-state index in [4.69, 9.17) is 27.9 Å². The van der Waals surface area contributed by atoms with E-state index >= 15 is 0 Å². The van der Waals surface area contributed by atoms with Crippen LogP contribution in [0.4, 0.5) is 8.78 Å². The van der Waals surface area contributed by atoms with Crippen LogP contribution >= 0.6 is 23.2 Å². The highest BCUT2D eigenvalue weighted by atomic mass is 35.5. The molecule has 3 rings (SSSR count). The fraction of sp³-hybridized carbons (Fsp3) is 0.353. The van der Waals surface area contributed by atoms with Gasteiger partial charge in [-0.05, 0) is 17.2 Å². The molecule has 0 N–H and O–H groups in total. The molecule has 1 atom stereocenters. The number of hydrogen-bond acceptors (Lipinski definition) is 5. The Morgan fingerprint density at radius 3 is 2.67 bits per heavy atom. The maximum absolute atomic E-state index is 13.9. The van der Waals surface area contributed by atoms with Gasteiger partial charge >= 0.3 is 5.97 Å². The Bertz CT molecular complexity index is 939. The SMILES string of the molecule is COc1cc2c3c(cnc2c(Cl)c1Cl)CN(C(=O)COC(C)=O)C3C(F)F. The van der Waals surface area contributed by atoms with Crippen LogP contribution in [-0.2, 0) is 20.9 Å². The highest BCUT2D eigenvalue weighted by molar-refractivity contribution is 6.46. The molecule has 10 heteroatoms. The van der Waals surface area contributed by atoms with Crippen molar-refractivity contribution in [3.63, 3.8) is 0 Å². The van der Waals surface area contributed by atoms with Gasteiger partial charge in [-0.1, -0.05) is 23.2 Å². The van der Waals surface area contributed by atoms with Gasteiger partial charge in [0.05, 0.1) is 17.6 Å². The number of nitrogens with zero attached hydrogens (tertiary/aromatic N) is 2. The highest BCUT2D eigenvalue weighted by Crippen LogP contribution is 2.46. The smallest absolute Gasteiger partial charge is 0.303 e. The molecule has 1 amide bonds. The Hall–Kier alpha value is -2.19. The van der Waals surface area contributed by atoms with E-state index in [0.29, 0.717) is 10.9 Å². The summed E-state index contributed by atoms with van der Waals surface area (Å²) in [7, 11) is 1.37. The molecule has 0 spiro atoms. The second-order valence-corrected chi connectivity index (χ2v) is 6.64. The quantitative estimate of drug-likeness (QED) is 0.706. The average molecular weight is 419 g/mol. The van der Waals surface area contributed by atoms with Crippen LogP contribution in [0.5, 0.6) is 5.75 Å². The molecule has 0 saturated carbocycles. The van der Waals surface area contributed by atoms with E-state index < -0.39 is 31.0 Å². The van der Waals surface area contributed by atoms with E-state index in [1.54, 1.807) is 0 Å². The summed E-state index contributed by atoms with van der Waals surface area (Å²) in [6, 6.07) is -0.0549. The number of aromatic nitrogens is 1. The average Bonchev–Trinajstić information content (AvgIpc) is 3.02. The maximum Gasteiger partial charge on any atom is 0.303 e. The van der Waals surface area contributed by atoms with Gasteiger partial charge in [-0.3, -0.25) is 14.6 Å². The fourth-order valence-electron chi connectivity index (χ4n) is 3.12. The summed E-state index contributed by atoms with van der Waals surface area (Å²) in [4.78, 5) is 28.4. The number of ether oxygens (including phenoxy) is 2. The first-order valence-corrected chi connectivity index (χ1v) is 8.56. The third-order valence-electron chi connectivity index (χ3n) is 4.28. The number of halogens is 4. The predicted molar refractivity (Wildman–Crippen MR) is 94.2 cm³/mol. The highest BCUT2D eigenvalue weighted by Gasteiger charge is 2.41. The van der Waals surface area contributed by atoms with E-state index in [0.717, 1.165) is 11.8 Å². The maximum atomic E-state index is 13.9. The number of amides is 1. The summed E-state index contributed by atoms with van der Waals surface area (Å²) in [5.74, 6) is -1.19. The summed E-state index contributed by atoms with van der Waals surface area (Å²) in [5.41, 5.74) is 0.911. The van der Waals surface area contributed by atoms with Crippen molar-refractivity contribution >= 4 is 46.0 Å². The van der Waals surface area contributed by atoms with Crippen LogP contribution in [0.3, 0.4) is 0 Å². The Labute approximate surface area is 162 Å². The molecule has 6 nitrogen and oxygen atoms in total. The summed E-state index contributed by atoms with van der Waals surface area (Å²) in [6.45, 7) is 0.426. The van der Waals surface area contributed by atoms with Crippen molar-refractivity contribution in [1.29, 1.82) is 0 Å². The number of rotatable bonds is 4. The van der Waals surface area contributed by atoms with Gasteiger partial charge < -0.3 is 14.4 Å². The lowest BCUT2D eigenvalue weighted by atomic mass is 10.00. The summed E-state index contributed by atoms with van der Waals surface area (Å²) in [5, 5.41) is 0.520. The van der Waals surface area contributed by atoms with E-state index in [1.165, 1.54) is 19.4 Å². The van der Waals surface area contributed by atoms with Crippen molar-refractivity contribution in [2.24, 2.45) is 0 Å². The largest absolute Gasteiger partial charge is 0.495 e. The summed E-state index contributed by atoms with van der Waals surface area (Å²) >= 11 is 12.3. The van der Waals surface area contributed by atoms with Crippen LogP contribution < -0.4 is 4.74 Å². The van der Waals surface area contributed by atoms with E-state index in [-0.39, 0.29) is 33.4 Å². The zero-order valence-electron chi connectivity index (χ0n) is 14.3. The Morgan fingerprint density at radius 2 is 2.07 bits per heavy atom. The van der Waals surface area contributed by atoms with Gasteiger partial charge in [0.15, 0.2) is 6.61 Å². The minimum absolute atomic E-state index is 0.0755. The van der Waals surface area contributed by atoms with Crippen molar-refractivity contribution in [2.75, 3.05) is 13.7 Å². The van der Waals surface area contributed by atoms with Crippen LogP contribution in [0.2, 0.25) is 10.0 Å². The zero-order chi connectivity index (χ0) is 19.9. The van der Waals surface area contributed by atoms with Gasteiger partial charge in [0.1, 0.15) is 16.8 Å². The molecule has 0 fully saturated rings. The summed E-state index contributed by atoms with van der Waals surface area (Å²) in [6.07, 6.45) is -1.49. The number of esters is 1. The molecular weight excluding hydrogens is 405 g/mol. The number of carbonyl (C=O) groups excluding carboxylic acids is 2. The van der Waals surface area contributed by atoms with E-state index in [1.807, 2.05) is 0 Å². The molecule has 1 unspecified atom stereocenters. The molecule has 2 heterocycles. The molecule has 1 aromatic carbocycles. The van der Waals surface area contributed by atoms with Crippen LogP contribution in [0, 0.1) is 0 Å². The molecule has 1 aliphatic heterocycles. The first-order valence-electron chi connectivity index (χ1n) is 7.80. The first-order chi connectivity index (χ1) is 12.8. The minimum atomic E-state index is -2.88. The zero-order valence-corrected chi connectivity index (χ0v) is 15.8. The molecule has 27 heavy (non-hydrogen) atoms. The standard InChI is InChI=1S/C17H14Cl2F2N2O4/c1-7(24)27-6-11(25)23-5-8-4-22-15-9(12(8)16(23)17(20)21)3-10(26-2)13(18)14(15)19/h3-4,16-17H,5-6H2,1-2H3. The van der Waals surface area contributed by atoms with Gasteiger partial charge in [0.25, 0.3) is 12.3 Å². The molecule has 0 aliphatic carbocycles. The van der Waals surface area contributed by atoms with Crippen molar-refractivity contribution in [3.05, 3.63) is 33.4 Å². The van der Waals surface area contributed by atoms with Crippen LogP contribution in [0.15, 0.2) is 12.3 Å². The first kappa shape index (κ1) is 19.6. The Balaban J connectivity index is 2.13. The third-order valence-corrected chi connectivity index (χ3v) is 5.12. The van der Waals surface area contributed by atoms with Crippen molar-refractivity contribution in [2.45, 2.75) is 25.9 Å². The monoisotopic (exact) mass is 418 g/mol. The topological polar surface area (TPSA) is 68.7 Å². The van der Waals surface area contributed by atoms with Crippen molar-refractivity contribution < 1.29 is 27.8 Å². The van der Waals surface area contributed by atoms with Gasteiger partial charge in [-0.2, -0.15) is 0 Å². The Morgan fingerprint density at radius 1 is 1.37 bits per heavy atom. The van der Waals surface area contributed by atoms with Gasteiger partial charge in [0.2, 0.25) is 0 Å². The number of benzene rings is 1. The Kier molecular flexibility index (Phi) is 5.39. The third kappa shape index (κ3) is 3.39. The van der Waals surface area contributed by atoms with Crippen LogP contribution in [0.25, 0.3) is 10.9 Å². The normalized spacial score (nSPS) is 16.0. The predicted octanol–water partition coefficient (Wildman–Crippen LogP) is 3.76. The molecular formula is C17H14Cl2F2N2O4. The van der Waals surface area contributed by atoms with E-state index in [9.17, 15) is 18.4 Å². The lowest BCUT2D eigenvalue weighted by molar-refractivity contribution is -0.153. The van der Waals surface area contributed by atoms with Gasteiger partial charge in [-0.15, -0.1) is 0 Å². The van der Waals surface area contributed by atoms with E-state index in [2.05, 4.69) is 9.72 Å². The molecule has 0 saturated heterocycles. The number of methoxy groups -OCH3 is 1. The summed E-state index contributed by atoms with van der Waals surface area (Å²) < 4.78 is 37.6. The number of fused-ring (bicyclic) bond motifs is 3. The molecule has 1 aliphatic rings. The number of hydrogen-bond donors (Lipinski definition) is 0. The number of pyridine rings is 1.